The number of ether oxygens (including phenoxy) is 1. The Kier molecular flexibility index (Phi) is 4.74. The molecule has 21 heavy (non-hydrogen) atoms. The van der Waals surface area contributed by atoms with Crippen LogP contribution in [-0.2, 0) is 0 Å². The fraction of sp³-hybridized carbons (Fsp3) is 0.0714. The average molecular weight is 357 g/mol. The van der Waals surface area contributed by atoms with E-state index in [4.69, 9.17) is 5.73 Å². The minimum atomic E-state index is -2.88. The zero-order valence-electron chi connectivity index (χ0n) is 10.6. The SMILES string of the molecule is Nc1ccc(C(=O)Nc2ccc(OC(F)F)cc2)cc1Br. The minimum Gasteiger partial charge on any atom is -0.435 e. The predicted molar refractivity (Wildman–Crippen MR) is 79.6 cm³/mol. The largest absolute Gasteiger partial charge is 0.435 e. The fourth-order valence-corrected chi connectivity index (χ4v) is 1.97. The number of nitrogens with one attached hydrogen (secondary N) is 1. The monoisotopic (exact) mass is 356 g/mol. The van der Waals surface area contributed by atoms with E-state index in [0.29, 0.717) is 21.4 Å². The maximum Gasteiger partial charge on any atom is 0.387 e. The maximum atomic E-state index is 12.0. The summed E-state index contributed by atoms with van der Waals surface area (Å²) in [6.45, 7) is -2.88. The number of halogens is 3. The van der Waals surface area contributed by atoms with Crippen molar-refractivity contribution in [3.05, 3.63) is 52.5 Å². The molecule has 4 nitrogen and oxygen atoms in total. The van der Waals surface area contributed by atoms with Crippen LogP contribution >= 0.6 is 15.9 Å². The second-order valence-corrected chi connectivity index (χ2v) is 4.95. The summed E-state index contributed by atoms with van der Waals surface area (Å²) < 4.78 is 28.9. The topological polar surface area (TPSA) is 64.4 Å². The van der Waals surface area contributed by atoms with E-state index in [1.807, 2.05) is 0 Å². The van der Waals surface area contributed by atoms with Crippen molar-refractivity contribution >= 4 is 33.2 Å². The Labute approximate surface area is 128 Å². The normalized spacial score (nSPS) is 10.5. The van der Waals surface area contributed by atoms with Gasteiger partial charge < -0.3 is 15.8 Å². The van der Waals surface area contributed by atoms with E-state index in [2.05, 4.69) is 26.0 Å². The summed E-state index contributed by atoms with van der Waals surface area (Å²) in [5.41, 5.74) is 7.06. The molecule has 7 heteroatoms. The van der Waals surface area contributed by atoms with Crippen molar-refractivity contribution in [3.8, 4) is 5.75 Å². The highest BCUT2D eigenvalue weighted by molar-refractivity contribution is 9.10. The molecule has 0 unspecified atom stereocenters. The lowest BCUT2D eigenvalue weighted by atomic mass is 10.2. The Hall–Kier alpha value is -2.15. The summed E-state index contributed by atoms with van der Waals surface area (Å²) in [6.07, 6.45) is 0. The number of benzene rings is 2. The molecule has 0 heterocycles. The molecule has 2 rings (SSSR count). The molecule has 2 aromatic carbocycles. The third-order valence-electron chi connectivity index (χ3n) is 2.60. The van der Waals surface area contributed by atoms with Gasteiger partial charge in [-0.05, 0) is 58.4 Å². The highest BCUT2D eigenvalue weighted by atomic mass is 79.9. The van der Waals surface area contributed by atoms with Crippen LogP contribution in [0.5, 0.6) is 5.75 Å². The Bertz CT molecular complexity index is 648. The van der Waals surface area contributed by atoms with E-state index in [1.54, 1.807) is 18.2 Å². The van der Waals surface area contributed by atoms with Crippen LogP contribution in [0.25, 0.3) is 0 Å². The molecule has 0 bridgehead atoms. The lowest BCUT2D eigenvalue weighted by molar-refractivity contribution is -0.0498. The summed E-state index contributed by atoms with van der Waals surface area (Å²) in [4.78, 5) is 12.0. The van der Waals surface area contributed by atoms with Gasteiger partial charge in [-0.3, -0.25) is 4.79 Å². The van der Waals surface area contributed by atoms with Crippen LogP contribution in [0.2, 0.25) is 0 Å². The number of hydrogen-bond donors (Lipinski definition) is 2. The number of nitrogens with two attached hydrogens (primary N) is 1. The van der Waals surface area contributed by atoms with Crippen LogP contribution < -0.4 is 15.8 Å². The molecule has 110 valence electrons. The summed E-state index contributed by atoms with van der Waals surface area (Å²) in [5.74, 6) is -0.309. The maximum absolute atomic E-state index is 12.0. The number of rotatable bonds is 4. The zero-order chi connectivity index (χ0) is 15.4. The lowest BCUT2D eigenvalue weighted by Crippen LogP contribution is -2.12. The molecule has 3 N–H and O–H groups in total. The number of hydrogen-bond acceptors (Lipinski definition) is 3. The summed E-state index contributed by atoms with van der Waals surface area (Å²) in [5, 5.41) is 2.64. The van der Waals surface area contributed by atoms with Gasteiger partial charge in [0.2, 0.25) is 0 Å². The molecule has 0 saturated heterocycles. The number of carbonyl (C=O) groups excluding carboxylic acids is 1. The molecule has 0 fully saturated rings. The third-order valence-corrected chi connectivity index (χ3v) is 3.29. The number of alkyl halides is 2. The molecule has 0 saturated carbocycles. The standard InChI is InChI=1S/C14H11BrF2N2O2/c15-11-7-8(1-6-12(11)18)13(20)19-9-2-4-10(5-3-9)21-14(16)17/h1-7,14H,18H2,(H,19,20). The first kappa shape index (κ1) is 15.2. The van der Waals surface area contributed by atoms with E-state index in [9.17, 15) is 13.6 Å². The molecule has 0 aliphatic carbocycles. The molecule has 2 aromatic rings. The quantitative estimate of drug-likeness (QED) is 0.817. The van der Waals surface area contributed by atoms with Crippen molar-refractivity contribution in [2.45, 2.75) is 6.61 Å². The molecule has 0 atom stereocenters. The van der Waals surface area contributed by atoms with E-state index < -0.39 is 6.61 Å². The average Bonchev–Trinajstić information content (AvgIpc) is 2.43. The molecule has 0 aromatic heterocycles. The van der Waals surface area contributed by atoms with Gasteiger partial charge in [0.05, 0.1) is 0 Å². The highest BCUT2D eigenvalue weighted by Gasteiger charge is 2.09. The Morgan fingerprint density at radius 2 is 1.86 bits per heavy atom. The third kappa shape index (κ3) is 4.16. The van der Waals surface area contributed by atoms with Crippen LogP contribution in [0.1, 0.15) is 10.4 Å². The summed E-state index contributed by atoms with van der Waals surface area (Å²) in [6, 6.07) is 10.4. The Morgan fingerprint density at radius 1 is 1.19 bits per heavy atom. The molecular weight excluding hydrogens is 346 g/mol. The van der Waals surface area contributed by atoms with Gasteiger partial charge in [-0.2, -0.15) is 8.78 Å². The second kappa shape index (κ2) is 6.53. The van der Waals surface area contributed by atoms with E-state index in [0.717, 1.165) is 0 Å². The second-order valence-electron chi connectivity index (χ2n) is 4.09. The van der Waals surface area contributed by atoms with Crippen molar-refractivity contribution in [1.82, 2.24) is 0 Å². The van der Waals surface area contributed by atoms with Gasteiger partial charge in [0.25, 0.3) is 5.91 Å². The summed E-state index contributed by atoms with van der Waals surface area (Å²) >= 11 is 3.24. The van der Waals surface area contributed by atoms with Crippen molar-refractivity contribution in [3.63, 3.8) is 0 Å². The number of nitrogen functional groups attached to an aromatic ring is 1. The van der Waals surface area contributed by atoms with Gasteiger partial charge in [0.15, 0.2) is 0 Å². The van der Waals surface area contributed by atoms with Crippen LogP contribution in [0.4, 0.5) is 20.2 Å². The van der Waals surface area contributed by atoms with Crippen molar-refractivity contribution in [2.75, 3.05) is 11.1 Å². The van der Waals surface area contributed by atoms with Gasteiger partial charge in [-0.15, -0.1) is 0 Å². The van der Waals surface area contributed by atoms with E-state index in [1.165, 1.54) is 24.3 Å². The lowest BCUT2D eigenvalue weighted by Gasteiger charge is -2.08. The number of anilines is 2. The van der Waals surface area contributed by atoms with Gasteiger partial charge in [0.1, 0.15) is 5.75 Å². The van der Waals surface area contributed by atoms with Crippen molar-refractivity contribution < 1.29 is 18.3 Å². The van der Waals surface area contributed by atoms with Crippen molar-refractivity contribution in [2.24, 2.45) is 0 Å². The van der Waals surface area contributed by atoms with Gasteiger partial charge in [-0.25, -0.2) is 0 Å². The van der Waals surface area contributed by atoms with Gasteiger partial charge in [-0.1, -0.05) is 0 Å². The Morgan fingerprint density at radius 3 is 2.43 bits per heavy atom. The first-order valence-corrected chi connectivity index (χ1v) is 6.66. The highest BCUT2D eigenvalue weighted by Crippen LogP contribution is 2.22. The van der Waals surface area contributed by atoms with Crippen LogP contribution in [-0.4, -0.2) is 12.5 Å². The molecular formula is C14H11BrF2N2O2. The smallest absolute Gasteiger partial charge is 0.387 e. The predicted octanol–water partition coefficient (Wildman–Crippen LogP) is 3.89. The van der Waals surface area contributed by atoms with E-state index >= 15 is 0 Å². The fourth-order valence-electron chi connectivity index (χ4n) is 1.59. The van der Waals surface area contributed by atoms with Gasteiger partial charge in [0, 0.05) is 21.4 Å². The zero-order valence-corrected chi connectivity index (χ0v) is 12.2. The minimum absolute atomic E-state index is 0.0261. The van der Waals surface area contributed by atoms with E-state index in [-0.39, 0.29) is 11.7 Å². The molecule has 1 amide bonds. The van der Waals surface area contributed by atoms with Gasteiger partial charge >= 0.3 is 6.61 Å². The molecule has 0 spiro atoms. The molecule has 0 aliphatic heterocycles. The number of amides is 1. The number of carbonyl (C=O) groups is 1. The van der Waals surface area contributed by atoms with Crippen LogP contribution in [0.15, 0.2) is 46.9 Å². The first-order chi connectivity index (χ1) is 9.95. The molecule has 0 radical (unpaired) electrons. The first-order valence-electron chi connectivity index (χ1n) is 5.87. The van der Waals surface area contributed by atoms with Crippen molar-refractivity contribution in [1.29, 1.82) is 0 Å². The van der Waals surface area contributed by atoms with Crippen LogP contribution in [0.3, 0.4) is 0 Å². The molecule has 0 aliphatic rings. The summed E-state index contributed by atoms with van der Waals surface area (Å²) in [7, 11) is 0. The van der Waals surface area contributed by atoms with Crippen LogP contribution in [0, 0.1) is 0 Å². The Balaban J connectivity index is 2.06.